The van der Waals surface area contributed by atoms with E-state index in [9.17, 15) is 15.3 Å². The smallest absolute Gasteiger partial charge is 0.229 e. The van der Waals surface area contributed by atoms with Gasteiger partial charge in [-0.05, 0) is 24.6 Å². The van der Waals surface area contributed by atoms with Crippen LogP contribution in [-0.4, -0.2) is 85.2 Å². The lowest BCUT2D eigenvalue weighted by Crippen LogP contribution is -2.61. The zero-order chi connectivity index (χ0) is 20.7. The van der Waals surface area contributed by atoms with Crippen LogP contribution in [0.25, 0.3) is 6.08 Å². The van der Waals surface area contributed by atoms with Crippen molar-refractivity contribution in [2.24, 2.45) is 0 Å². The van der Waals surface area contributed by atoms with Gasteiger partial charge < -0.3 is 44.1 Å². The van der Waals surface area contributed by atoms with Crippen molar-refractivity contribution in [3.05, 3.63) is 23.8 Å². The molecule has 158 valence electrons. The summed E-state index contributed by atoms with van der Waals surface area (Å²) in [6, 6.07) is 3.33. The average molecular weight is 400 g/mol. The molecule has 1 aromatic rings. The van der Waals surface area contributed by atoms with Gasteiger partial charge in [-0.25, -0.2) is 0 Å². The third-order valence-corrected chi connectivity index (χ3v) is 4.31. The first-order valence-corrected chi connectivity index (χ1v) is 8.94. The molecule has 0 aromatic heterocycles. The molecule has 0 amide bonds. The summed E-state index contributed by atoms with van der Waals surface area (Å²) in [7, 11) is 2.89. The van der Waals surface area contributed by atoms with Gasteiger partial charge in [0.2, 0.25) is 12.0 Å². The van der Waals surface area contributed by atoms with Crippen LogP contribution in [0.15, 0.2) is 18.2 Å². The van der Waals surface area contributed by atoms with Gasteiger partial charge in [-0.1, -0.05) is 12.2 Å². The molecule has 5 atom stereocenters. The largest absolute Gasteiger partial charge is 0.493 e. The van der Waals surface area contributed by atoms with E-state index < -0.39 is 37.3 Å². The summed E-state index contributed by atoms with van der Waals surface area (Å²) < 4.78 is 27.5. The fourth-order valence-corrected chi connectivity index (χ4v) is 2.96. The summed E-state index contributed by atoms with van der Waals surface area (Å²) in [5.74, 6) is 0.804. The minimum absolute atomic E-state index is 0.116. The minimum Gasteiger partial charge on any atom is -0.493 e. The standard InChI is InChI=1S/C19H28O9/c1-4-26-18-15(22)14(10-21)27-19(16(18)23)28-17-12(24-2)8-11(6-5-7-20)9-13(17)25-3/h5-6,8-9,14-16,18-23H,4,7,10H2,1-3H3. The second kappa shape index (κ2) is 10.6. The monoisotopic (exact) mass is 400 g/mol. The van der Waals surface area contributed by atoms with E-state index in [2.05, 4.69) is 0 Å². The molecule has 9 heteroatoms. The molecule has 9 nitrogen and oxygen atoms in total. The maximum Gasteiger partial charge on any atom is 0.229 e. The Bertz CT molecular complexity index is 623. The molecule has 2 rings (SSSR count). The van der Waals surface area contributed by atoms with Crippen LogP contribution in [0.4, 0.5) is 0 Å². The maximum atomic E-state index is 10.6. The SMILES string of the molecule is CCOC1C(O)C(CO)OC(Oc2c(OC)cc(C=CCO)cc2OC)C1O. The first kappa shape index (κ1) is 22.4. The van der Waals surface area contributed by atoms with Crippen molar-refractivity contribution >= 4 is 6.08 Å². The van der Waals surface area contributed by atoms with E-state index in [-0.39, 0.29) is 19.0 Å². The van der Waals surface area contributed by atoms with Gasteiger partial charge in [0.05, 0.1) is 27.4 Å². The van der Waals surface area contributed by atoms with Crippen molar-refractivity contribution in [2.75, 3.05) is 34.0 Å². The van der Waals surface area contributed by atoms with Gasteiger partial charge in [-0.2, -0.15) is 0 Å². The lowest BCUT2D eigenvalue weighted by molar-refractivity contribution is -0.285. The Hall–Kier alpha value is -1.88. The van der Waals surface area contributed by atoms with Crippen molar-refractivity contribution in [2.45, 2.75) is 37.6 Å². The fraction of sp³-hybridized carbons (Fsp3) is 0.579. The summed E-state index contributed by atoms with van der Waals surface area (Å²) in [5.41, 5.74) is 0.705. The van der Waals surface area contributed by atoms with E-state index in [1.807, 2.05) is 0 Å². The first-order chi connectivity index (χ1) is 13.5. The second-order valence-electron chi connectivity index (χ2n) is 6.08. The van der Waals surface area contributed by atoms with Crippen LogP contribution in [0.1, 0.15) is 12.5 Å². The van der Waals surface area contributed by atoms with Gasteiger partial charge in [-0.15, -0.1) is 0 Å². The quantitative estimate of drug-likeness (QED) is 0.450. The molecule has 1 aliphatic rings. The van der Waals surface area contributed by atoms with Crippen molar-refractivity contribution in [1.82, 2.24) is 0 Å². The molecular weight excluding hydrogens is 372 g/mol. The lowest BCUT2D eigenvalue weighted by atomic mass is 9.99. The number of hydrogen-bond acceptors (Lipinski definition) is 9. The number of hydrogen-bond donors (Lipinski definition) is 4. The molecule has 5 unspecified atom stereocenters. The van der Waals surface area contributed by atoms with Crippen LogP contribution in [0.2, 0.25) is 0 Å². The highest BCUT2D eigenvalue weighted by molar-refractivity contribution is 5.62. The molecule has 1 heterocycles. The predicted molar refractivity (Wildman–Crippen MR) is 99.5 cm³/mol. The zero-order valence-corrected chi connectivity index (χ0v) is 16.1. The van der Waals surface area contributed by atoms with Crippen LogP contribution in [0.5, 0.6) is 17.2 Å². The van der Waals surface area contributed by atoms with Crippen molar-refractivity contribution in [3.8, 4) is 17.2 Å². The van der Waals surface area contributed by atoms with E-state index in [0.29, 0.717) is 17.1 Å². The summed E-state index contributed by atoms with van der Waals surface area (Å²) in [4.78, 5) is 0. The molecule has 0 saturated carbocycles. The normalized spacial score (nSPS) is 27.8. The van der Waals surface area contributed by atoms with Gasteiger partial charge >= 0.3 is 0 Å². The number of ether oxygens (including phenoxy) is 5. The minimum atomic E-state index is -1.32. The van der Waals surface area contributed by atoms with Gasteiger partial charge in [0.1, 0.15) is 24.4 Å². The summed E-state index contributed by atoms with van der Waals surface area (Å²) >= 11 is 0. The molecule has 4 N–H and O–H groups in total. The molecule has 1 aromatic carbocycles. The van der Waals surface area contributed by atoms with Crippen LogP contribution in [-0.2, 0) is 9.47 Å². The Morgan fingerprint density at radius 3 is 2.21 bits per heavy atom. The van der Waals surface area contributed by atoms with E-state index in [4.69, 9.17) is 28.8 Å². The third kappa shape index (κ3) is 4.93. The van der Waals surface area contributed by atoms with Gasteiger partial charge in [-0.3, -0.25) is 0 Å². The number of aliphatic hydroxyl groups excluding tert-OH is 4. The fourth-order valence-electron chi connectivity index (χ4n) is 2.96. The summed E-state index contributed by atoms with van der Waals surface area (Å²) in [6.45, 7) is 1.39. The van der Waals surface area contributed by atoms with E-state index in [1.165, 1.54) is 14.2 Å². The highest BCUT2D eigenvalue weighted by atomic mass is 16.7. The van der Waals surface area contributed by atoms with Crippen molar-refractivity contribution in [1.29, 1.82) is 0 Å². The first-order valence-electron chi connectivity index (χ1n) is 8.94. The third-order valence-electron chi connectivity index (χ3n) is 4.31. The molecule has 1 saturated heterocycles. The molecule has 0 spiro atoms. The lowest BCUT2D eigenvalue weighted by Gasteiger charge is -2.41. The zero-order valence-electron chi connectivity index (χ0n) is 16.1. The Morgan fingerprint density at radius 2 is 1.71 bits per heavy atom. The second-order valence-corrected chi connectivity index (χ2v) is 6.08. The average Bonchev–Trinajstić information content (AvgIpc) is 2.71. The number of aliphatic hydroxyl groups is 4. The molecular formula is C19H28O9. The van der Waals surface area contributed by atoms with E-state index in [1.54, 1.807) is 31.2 Å². The Morgan fingerprint density at radius 1 is 1.07 bits per heavy atom. The van der Waals surface area contributed by atoms with Gasteiger partial charge in [0.25, 0.3) is 0 Å². The molecule has 0 radical (unpaired) electrons. The van der Waals surface area contributed by atoms with Gasteiger partial charge in [0, 0.05) is 6.61 Å². The van der Waals surface area contributed by atoms with E-state index in [0.717, 1.165) is 0 Å². The van der Waals surface area contributed by atoms with Crippen LogP contribution in [0, 0.1) is 0 Å². The Kier molecular flexibility index (Phi) is 8.49. The number of methoxy groups -OCH3 is 2. The van der Waals surface area contributed by atoms with Crippen molar-refractivity contribution < 1.29 is 44.1 Å². The van der Waals surface area contributed by atoms with Crippen molar-refractivity contribution in [3.63, 3.8) is 0 Å². The highest BCUT2D eigenvalue weighted by Gasteiger charge is 2.46. The summed E-state index contributed by atoms with van der Waals surface area (Å²) in [6.07, 6.45) is -2.51. The highest BCUT2D eigenvalue weighted by Crippen LogP contribution is 2.41. The molecule has 0 aliphatic carbocycles. The van der Waals surface area contributed by atoms with E-state index >= 15 is 0 Å². The van der Waals surface area contributed by atoms with Gasteiger partial charge in [0.15, 0.2) is 11.5 Å². The molecule has 0 bridgehead atoms. The Balaban J connectivity index is 2.35. The predicted octanol–water partition coefficient (Wildman–Crippen LogP) is -0.0678. The number of benzene rings is 1. The van der Waals surface area contributed by atoms with Crippen LogP contribution < -0.4 is 14.2 Å². The topological polar surface area (TPSA) is 127 Å². The van der Waals surface area contributed by atoms with Crippen LogP contribution in [0.3, 0.4) is 0 Å². The maximum absolute atomic E-state index is 10.6. The summed E-state index contributed by atoms with van der Waals surface area (Å²) in [5, 5.41) is 39.2. The molecule has 28 heavy (non-hydrogen) atoms. The Labute approximate surface area is 163 Å². The number of rotatable bonds is 9. The molecule has 1 aliphatic heterocycles. The van der Waals surface area contributed by atoms with Crippen LogP contribution >= 0.6 is 0 Å². The molecule has 1 fully saturated rings.